The van der Waals surface area contributed by atoms with Gasteiger partial charge in [-0.05, 0) is 25.0 Å². The van der Waals surface area contributed by atoms with Gasteiger partial charge in [-0.1, -0.05) is 33.1 Å². The number of non-ortho nitro benzene ring substituents is 1. The first-order valence-electron chi connectivity index (χ1n) is 6.91. The van der Waals surface area contributed by atoms with Crippen molar-refractivity contribution in [3.8, 4) is 0 Å². The standard InChI is InChI=1S/C14H21NO4S/c1-3-5-7-13(6-4-2)20(18,19)14-10-8-12(9-11-14)15(16)17/h8-11,13H,3-7H2,1-2H3. The maximum Gasteiger partial charge on any atom is 0.269 e. The molecular formula is C14H21NO4S. The lowest BCUT2D eigenvalue weighted by atomic mass is 10.1. The normalized spacial score (nSPS) is 13.1. The molecule has 1 unspecified atom stereocenters. The maximum atomic E-state index is 12.5. The number of unbranched alkanes of at least 4 members (excludes halogenated alkanes) is 1. The molecule has 1 atom stereocenters. The van der Waals surface area contributed by atoms with Crippen LogP contribution < -0.4 is 0 Å². The van der Waals surface area contributed by atoms with Gasteiger partial charge in [-0.25, -0.2) is 8.42 Å². The summed E-state index contributed by atoms with van der Waals surface area (Å²) in [6, 6.07) is 5.16. The average Bonchev–Trinajstić information content (AvgIpc) is 2.43. The van der Waals surface area contributed by atoms with Crippen molar-refractivity contribution in [3.63, 3.8) is 0 Å². The lowest BCUT2D eigenvalue weighted by Crippen LogP contribution is -2.21. The minimum Gasteiger partial charge on any atom is -0.258 e. The first kappa shape index (κ1) is 16.6. The van der Waals surface area contributed by atoms with E-state index in [9.17, 15) is 18.5 Å². The minimum absolute atomic E-state index is 0.0930. The van der Waals surface area contributed by atoms with Crippen LogP contribution in [0, 0.1) is 10.1 Å². The summed E-state index contributed by atoms with van der Waals surface area (Å²) in [5, 5.41) is 10.2. The van der Waals surface area contributed by atoms with Gasteiger partial charge in [-0.15, -0.1) is 0 Å². The van der Waals surface area contributed by atoms with Gasteiger partial charge in [0.1, 0.15) is 0 Å². The number of hydrogen-bond acceptors (Lipinski definition) is 4. The first-order chi connectivity index (χ1) is 9.43. The third-order valence-electron chi connectivity index (χ3n) is 3.31. The molecule has 0 aliphatic carbocycles. The quantitative estimate of drug-likeness (QED) is 0.541. The Bertz CT molecular complexity index is 537. The Kier molecular flexibility index (Phi) is 6.13. The van der Waals surface area contributed by atoms with Crippen LogP contribution in [0.1, 0.15) is 46.0 Å². The van der Waals surface area contributed by atoms with Gasteiger partial charge in [0.15, 0.2) is 9.84 Å². The summed E-state index contributed by atoms with van der Waals surface area (Å²) in [6.45, 7) is 3.99. The number of benzene rings is 1. The molecule has 0 saturated carbocycles. The molecule has 0 bridgehead atoms. The molecule has 0 aliphatic rings. The predicted molar refractivity (Wildman–Crippen MR) is 78.5 cm³/mol. The van der Waals surface area contributed by atoms with E-state index in [0.717, 1.165) is 19.3 Å². The molecule has 112 valence electrons. The highest BCUT2D eigenvalue weighted by atomic mass is 32.2. The van der Waals surface area contributed by atoms with E-state index in [2.05, 4.69) is 0 Å². The van der Waals surface area contributed by atoms with Crippen LogP contribution in [0.2, 0.25) is 0 Å². The average molecular weight is 299 g/mol. The van der Waals surface area contributed by atoms with Crippen molar-refractivity contribution in [2.75, 3.05) is 0 Å². The van der Waals surface area contributed by atoms with Crippen LogP contribution in [-0.2, 0) is 9.84 Å². The van der Waals surface area contributed by atoms with Crippen molar-refractivity contribution < 1.29 is 13.3 Å². The molecule has 0 saturated heterocycles. The fourth-order valence-corrected chi connectivity index (χ4v) is 4.08. The summed E-state index contributed by atoms with van der Waals surface area (Å²) in [5.74, 6) is 0. The van der Waals surface area contributed by atoms with E-state index in [1.165, 1.54) is 24.3 Å². The number of nitrogens with zero attached hydrogens (tertiary/aromatic N) is 1. The second-order valence-corrected chi connectivity index (χ2v) is 7.08. The van der Waals surface area contributed by atoms with Gasteiger partial charge >= 0.3 is 0 Å². The van der Waals surface area contributed by atoms with E-state index >= 15 is 0 Å². The molecule has 1 aromatic rings. The van der Waals surface area contributed by atoms with Crippen molar-refractivity contribution in [3.05, 3.63) is 34.4 Å². The Hall–Kier alpha value is -1.43. The zero-order valence-corrected chi connectivity index (χ0v) is 12.7. The molecule has 1 rings (SSSR count). The highest BCUT2D eigenvalue weighted by Gasteiger charge is 2.26. The Morgan fingerprint density at radius 2 is 1.70 bits per heavy atom. The Morgan fingerprint density at radius 1 is 1.10 bits per heavy atom. The van der Waals surface area contributed by atoms with E-state index in [0.29, 0.717) is 12.8 Å². The van der Waals surface area contributed by atoms with Gasteiger partial charge in [0.2, 0.25) is 0 Å². The summed E-state index contributed by atoms with van der Waals surface area (Å²) >= 11 is 0. The molecule has 6 heteroatoms. The van der Waals surface area contributed by atoms with Gasteiger partial charge in [-0.2, -0.15) is 0 Å². The number of hydrogen-bond donors (Lipinski definition) is 0. The maximum absolute atomic E-state index is 12.5. The highest BCUT2D eigenvalue weighted by molar-refractivity contribution is 7.92. The second kappa shape index (κ2) is 7.38. The summed E-state index contributed by atoms with van der Waals surface area (Å²) in [4.78, 5) is 10.2. The van der Waals surface area contributed by atoms with Crippen LogP contribution in [-0.4, -0.2) is 18.6 Å². The number of sulfone groups is 1. The van der Waals surface area contributed by atoms with Crippen LogP contribution in [0.3, 0.4) is 0 Å². The van der Waals surface area contributed by atoms with E-state index in [1.807, 2.05) is 13.8 Å². The predicted octanol–water partition coefficient (Wildman–Crippen LogP) is 3.73. The van der Waals surface area contributed by atoms with Crippen LogP contribution in [0.15, 0.2) is 29.2 Å². The van der Waals surface area contributed by atoms with Crippen LogP contribution in [0.25, 0.3) is 0 Å². The fraction of sp³-hybridized carbons (Fsp3) is 0.571. The topological polar surface area (TPSA) is 77.3 Å². The van der Waals surface area contributed by atoms with Crippen molar-refractivity contribution in [2.24, 2.45) is 0 Å². The Morgan fingerprint density at radius 3 is 2.15 bits per heavy atom. The number of nitro benzene ring substituents is 1. The van der Waals surface area contributed by atoms with Gasteiger partial charge < -0.3 is 0 Å². The lowest BCUT2D eigenvalue weighted by molar-refractivity contribution is -0.384. The third kappa shape index (κ3) is 4.03. The smallest absolute Gasteiger partial charge is 0.258 e. The molecule has 0 heterocycles. The summed E-state index contributed by atoms with van der Waals surface area (Å²) in [6.07, 6.45) is 3.90. The number of nitro groups is 1. The van der Waals surface area contributed by atoms with E-state index in [-0.39, 0.29) is 10.6 Å². The zero-order chi connectivity index (χ0) is 15.2. The summed E-state index contributed by atoms with van der Waals surface area (Å²) < 4.78 is 25.1. The summed E-state index contributed by atoms with van der Waals surface area (Å²) in [5.41, 5.74) is -0.0930. The molecule has 0 radical (unpaired) electrons. The van der Waals surface area contributed by atoms with Crippen molar-refractivity contribution in [1.82, 2.24) is 0 Å². The molecule has 0 aromatic heterocycles. The zero-order valence-electron chi connectivity index (χ0n) is 11.9. The molecule has 0 aliphatic heterocycles. The van der Waals surface area contributed by atoms with Crippen molar-refractivity contribution in [1.29, 1.82) is 0 Å². The van der Waals surface area contributed by atoms with Gasteiger partial charge in [0.25, 0.3) is 5.69 Å². The molecule has 20 heavy (non-hydrogen) atoms. The minimum atomic E-state index is -3.40. The molecule has 0 spiro atoms. The SMILES string of the molecule is CCCCC(CCC)S(=O)(=O)c1ccc([N+](=O)[O-])cc1. The number of rotatable bonds is 8. The third-order valence-corrected chi connectivity index (χ3v) is 5.58. The Labute approximate surface area is 120 Å². The van der Waals surface area contributed by atoms with E-state index in [1.54, 1.807) is 0 Å². The fourth-order valence-electron chi connectivity index (χ4n) is 2.16. The van der Waals surface area contributed by atoms with Crippen molar-refractivity contribution >= 4 is 15.5 Å². The first-order valence-corrected chi connectivity index (χ1v) is 8.46. The molecule has 0 fully saturated rings. The van der Waals surface area contributed by atoms with Crippen LogP contribution in [0.5, 0.6) is 0 Å². The molecule has 1 aromatic carbocycles. The molecule has 0 amide bonds. The van der Waals surface area contributed by atoms with E-state index < -0.39 is 20.0 Å². The Balaban J connectivity index is 3.02. The van der Waals surface area contributed by atoms with Crippen LogP contribution >= 0.6 is 0 Å². The monoisotopic (exact) mass is 299 g/mol. The van der Waals surface area contributed by atoms with E-state index in [4.69, 9.17) is 0 Å². The second-order valence-electron chi connectivity index (χ2n) is 4.85. The van der Waals surface area contributed by atoms with Gasteiger partial charge in [-0.3, -0.25) is 10.1 Å². The highest BCUT2D eigenvalue weighted by Crippen LogP contribution is 2.25. The van der Waals surface area contributed by atoms with Gasteiger partial charge in [0, 0.05) is 12.1 Å². The molecule has 0 N–H and O–H groups in total. The largest absolute Gasteiger partial charge is 0.269 e. The summed E-state index contributed by atoms with van der Waals surface area (Å²) in [7, 11) is -3.40. The molecular weight excluding hydrogens is 278 g/mol. The van der Waals surface area contributed by atoms with Gasteiger partial charge in [0.05, 0.1) is 15.1 Å². The van der Waals surface area contributed by atoms with Crippen LogP contribution in [0.4, 0.5) is 5.69 Å². The lowest BCUT2D eigenvalue weighted by Gasteiger charge is -2.16. The van der Waals surface area contributed by atoms with Crippen molar-refractivity contribution in [2.45, 2.75) is 56.1 Å². The molecule has 5 nitrogen and oxygen atoms in total.